The van der Waals surface area contributed by atoms with Gasteiger partial charge in [0.05, 0.1) is 11.3 Å². The largest absolute Gasteiger partial charge is 0.482 e. The first-order valence-corrected chi connectivity index (χ1v) is 6.50. The van der Waals surface area contributed by atoms with Crippen LogP contribution in [0.2, 0.25) is 0 Å². The van der Waals surface area contributed by atoms with E-state index in [1.807, 2.05) is 0 Å². The van der Waals surface area contributed by atoms with Crippen molar-refractivity contribution in [2.75, 3.05) is 11.5 Å². The number of fused-ring (bicyclic) bond motifs is 1. The van der Waals surface area contributed by atoms with Crippen LogP contribution in [0.25, 0.3) is 0 Å². The van der Waals surface area contributed by atoms with E-state index in [9.17, 15) is 22.8 Å². The zero-order valence-electron chi connectivity index (χ0n) is 10.6. The van der Waals surface area contributed by atoms with Gasteiger partial charge in [0.25, 0.3) is 5.91 Å². The predicted molar refractivity (Wildman–Crippen MR) is 69.2 cm³/mol. The third kappa shape index (κ3) is 2.82. The molecule has 21 heavy (non-hydrogen) atoms. The van der Waals surface area contributed by atoms with Crippen LogP contribution in [0.5, 0.6) is 5.75 Å². The standard InChI is InChI=1S/C12H9BrF3NO4/c1-5(11(19)20)17-8-3-7(13)6(12(14,15)16)2-9(8)21-4-10(17)18/h2-3,5H,4H2,1H3,(H,19,20). The smallest absolute Gasteiger partial charge is 0.417 e. The molecule has 1 heterocycles. The van der Waals surface area contributed by atoms with Crippen molar-refractivity contribution in [3.63, 3.8) is 0 Å². The lowest BCUT2D eigenvalue weighted by Gasteiger charge is -2.32. The second-order valence-corrected chi connectivity index (χ2v) is 5.22. The highest BCUT2D eigenvalue weighted by molar-refractivity contribution is 9.10. The number of anilines is 1. The summed E-state index contributed by atoms with van der Waals surface area (Å²) < 4.78 is 43.1. The summed E-state index contributed by atoms with van der Waals surface area (Å²) in [6.45, 7) is 0.754. The third-order valence-electron chi connectivity index (χ3n) is 2.98. The average molecular weight is 368 g/mol. The van der Waals surface area contributed by atoms with Crippen LogP contribution in [-0.2, 0) is 15.8 Å². The lowest BCUT2D eigenvalue weighted by atomic mass is 10.1. The van der Waals surface area contributed by atoms with Gasteiger partial charge in [-0.2, -0.15) is 13.2 Å². The molecular formula is C12H9BrF3NO4. The van der Waals surface area contributed by atoms with E-state index in [0.717, 1.165) is 17.0 Å². The Kier molecular flexibility index (Phi) is 3.87. The number of carbonyl (C=O) groups excluding carboxylic acids is 1. The summed E-state index contributed by atoms with van der Waals surface area (Å²) >= 11 is 2.78. The van der Waals surface area contributed by atoms with E-state index >= 15 is 0 Å². The van der Waals surface area contributed by atoms with Crippen LogP contribution in [0, 0.1) is 0 Å². The number of hydrogen-bond donors (Lipinski definition) is 1. The number of carboxylic acid groups (broad SMARTS) is 1. The van der Waals surface area contributed by atoms with E-state index in [0.29, 0.717) is 0 Å². The Hall–Kier alpha value is -1.77. The fourth-order valence-corrected chi connectivity index (χ4v) is 2.50. The van der Waals surface area contributed by atoms with E-state index < -0.39 is 36.3 Å². The molecule has 0 aromatic heterocycles. The van der Waals surface area contributed by atoms with E-state index in [4.69, 9.17) is 9.84 Å². The van der Waals surface area contributed by atoms with Crippen molar-refractivity contribution >= 4 is 33.5 Å². The first-order valence-electron chi connectivity index (χ1n) is 5.71. The number of carboxylic acids is 1. The number of rotatable bonds is 2. The van der Waals surface area contributed by atoms with E-state index in [1.165, 1.54) is 6.92 Å². The van der Waals surface area contributed by atoms with Crippen LogP contribution >= 0.6 is 15.9 Å². The molecular weight excluding hydrogens is 359 g/mol. The van der Waals surface area contributed by atoms with Crippen LogP contribution in [0.1, 0.15) is 12.5 Å². The normalized spacial score (nSPS) is 16.2. The minimum Gasteiger partial charge on any atom is -0.482 e. The number of aliphatic carboxylic acids is 1. The second-order valence-electron chi connectivity index (χ2n) is 4.36. The maximum atomic E-state index is 12.8. The van der Waals surface area contributed by atoms with Crippen molar-refractivity contribution in [3.8, 4) is 5.75 Å². The van der Waals surface area contributed by atoms with Gasteiger partial charge in [0.1, 0.15) is 11.8 Å². The van der Waals surface area contributed by atoms with Gasteiger partial charge >= 0.3 is 12.1 Å². The van der Waals surface area contributed by atoms with Crippen molar-refractivity contribution in [2.45, 2.75) is 19.1 Å². The molecule has 0 aliphatic carbocycles. The molecule has 1 aliphatic rings. The maximum absolute atomic E-state index is 12.8. The average Bonchev–Trinajstić information content (AvgIpc) is 2.35. The van der Waals surface area contributed by atoms with Gasteiger partial charge in [-0.25, -0.2) is 4.79 Å². The molecule has 0 fully saturated rings. The zero-order chi connectivity index (χ0) is 15.9. The van der Waals surface area contributed by atoms with E-state index in [-0.39, 0.29) is 15.9 Å². The molecule has 2 rings (SSSR count). The number of alkyl halides is 3. The van der Waals surface area contributed by atoms with Gasteiger partial charge in [-0.15, -0.1) is 0 Å². The van der Waals surface area contributed by atoms with Crippen LogP contribution in [-0.4, -0.2) is 29.6 Å². The quantitative estimate of drug-likeness (QED) is 0.872. The molecule has 0 radical (unpaired) electrons. The van der Waals surface area contributed by atoms with Gasteiger partial charge in [-0.1, -0.05) is 15.9 Å². The van der Waals surface area contributed by atoms with Gasteiger partial charge < -0.3 is 9.84 Å². The van der Waals surface area contributed by atoms with Gasteiger partial charge in [-0.05, 0) is 19.1 Å². The monoisotopic (exact) mass is 367 g/mol. The molecule has 1 aromatic carbocycles. The minimum atomic E-state index is -4.60. The van der Waals surface area contributed by atoms with Gasteiger partial charge in [-0.3, -0.25) is 9.69 Å². The molecule has 1 atom stereocenters. The Morgan fingerprint density at radius 3 is 2.62 bits per heavy atom. The second kappa shape index (κ2) is 5.21. The Morgan fingerprint density at radius 1 is 1.48 bits per heavy atom. The number of benzene rings is 1. The summed E-state index contributed by atoms with van der Waals surface area (Å²) in [6, 6.07) is 0.561. The van der Waals surface area contributed by atoms with Crippen molar-refractivity contribution in [2.24, 2.45) is 0 Å². The maximum Gasteiger partial charge on any atom is 0.417 e. The van der Waals surface area contributed by atoms with Gasteiger partial charge in [0, 0.05) is 4.47 Å². The summed E-state index contributed by atoms with van der Waals surface area (Å²) in [5, 5.41) is 9.00. The molecule has 1 aromatic rings. The zero-order valence-corrected chi connectivity index (χ0v) is 12.2. The highest BCUT2D eigenvalue weighted by atomic mass is 79.9. The Labute approximate surface area is 125 Å². The molecule has 9 heteroatoms. The summed E-state index contributed by atoms with van der Waals surface area (Å²) in [5.41, 5.74) is -0.973. The number of ether oxygens (including phenoxy) is 1. The summed E-state index contributed by atoms with van der Waals surface area (Å²) in [4.78, 5) is 23.7. The van der Waals surface area contributed by atoms with E-state index in [2.05, 4.69) is 15.9 Å². The number of amides is 1. The Morgan fingerprint density at radius 2 is 2.10 bits per heavy atom. The van der Waals surface area contributed by atoms with Crippen molar-refractivity contribution in [3.05, 3.63) is 22.2 Å². The third-order valence-corrected chi connectivity index (χ3v) is 3.63. The summed E-state index contributed by atoms with van der Waals surface area (Å²) in [7, 11) is 0. The molecule has 1 N–H and O–H groups in total. The highest BCUT2D eigenvalue weighted by Gasteiger charge is 2.38. The lowest BCUT2D eigenvalue weighted by Crippen LogP contribution is -2.48. The molecule has 0 saturated heterocycles. The van der Waals surface area contributed by atoms with Crippen molar-refractivity contribution < 1.29 is 32.6 Å². The van der Waals surface area contributed by atoms with E-state index in [1.54, 1.807) is 0 Å². The number of halogens is 4. The van der Waals surface area contributed by atoms with Crippen molar-refractivity contribution in [1.29, 1.82) is 0 Å². The van der Waals surface area contributed by atoms with Crippen molar-refractivity contribution in [1.82, 2.24) is 0 Å². The fourth-order valence-electron chi connectivity index (χ4n) is 1.94. The molecule has 1 amide bonds. The highest BCUT2D eigenvalue weighted by Crippen LogP contribution is 2.43. The van der Waals surface area contributed by atoms with Gasteiger partial charge in [0.2, 0.25) is 0 Å². The first kappa shape index (κ1) is 15.6. The topological polar surface area (TPSA) is 66.8 Å². The molecule has 0 spiro atoms. The molecule has 5 nitrogen and oxygen atoms in total. The predicted octanol–water partition coefficient (Wildman–Crippen LogP) is 2.67. The Bertz CT molecular complexity index is 617. The molecule has 0 saturated carbocycles. The first-order chi connectivity index (χ1) is 9.62. The van der Waals surface area contributed by atoms with Crippen LogP contribution < -0.4 is 9.64 Å². The molecule has 1 unspecified atom stereocenters. The van der Waals surface area contributed by atoms with Crippen LogP contribution in [0.4, 0.5) is 18.9 Å². The minimum absolute atomic E-state index is 0.0129. The lowest BCUT2D eigenvalue weighted by molar-refractivity contribution is -0.140. The summed E-state index contributed by atoms with van der Waals surface area (Å²) in [5.74, 6) is -2.09. The summed E-state index contributed by atoms with van der Waals surface area (Å²) in [6.07, 6.45) is -4.60. The number of hydrogen-bond acceptors (Lipinski definition) is 3. The number of nitrogens with zero attached hydrogens (tertiary/aromatic N) is 1. The molecule has 1 aliphatic heterocycles. The Balaban J connectivity index is 2.57. The fraction of sp³-hybridized carbons (Fsp3) is 0.333. The van der Waals surface area contributed by atoms with Gasteiger partial charge in [0.15, 0.2) is 6.61 Å². The molecule has 0 bridgehead atoms. The number of carbonyl (C=O) groups is 2. The van der Waals surface area contributed by atoms with Crippen LogP contribution in [0.3, 0.4) is 0 Å². The van der Waals surface area contributed by atoms with Crippen LogP contribution in [0.15, 0.2) is 16.6 Å². The molecule has 114 valence electrons. The SMILES string of the molecule is CC(C(=O)O)N1C(=O)COc2cc(C(F)(F)F)c(Br)cc21.